The molecule has 0 aliphatic carbocycles. The van der Waals surface area contributed by atoms with Crippen LogP contribution in [-0.2, 0) is 0 Å². The van der Waals surface area contributed by atoms with Crippen molar-refractivity contribution in [1.29, 1.82) is 0 Å². The second kappa shape index (κ2) is 5.31. The van der Waals surface area contributed by atoms with Gasteiger partial charge in [0, 0.05) is 10.6 Å². The standard InChI is InChI=1S/C13H8Cl2FN5/c14-8-2-3-9(15)12(6-8)21-13(18-19-20-21)7-1-4-10(16)11(17)5-7/h1-6H,17H2. The van der Waals surface area contributed by atoms with E-state index in [0.29, 0.717) is 27.1 Å². The number of nitrogen functional groups attached to an aromatic ring is 1. The van der Waals surface area contributed by atoms with Gasteiger partial charge in [-0.2, -0.15) is 4.68 Å². The van der Waals surface area contributed by atoms with Gasteiger partial charge in [-0.05, 0) is 46.8 Å². The van der Waals surface area contributed by atoms with E-state index >= 15 is 0 Å². The maximum absolute atomic E-state index is 13.3. The van der Waals surface area contributed by atoms with Gasteiger partial charge in [-0.25, -0.2) is 4.39 Å². The van der Waals surface area contributed by atoms with E-state index in [9.17, 15) is 4.39 Å². The van der Waals surface area contributed by atoms with Crippen molar-refractivity contribution < 1.29 is 4.39 Å². The molecule has 1 heterocycles. The topological polar surface area (TPSA) is 69.6 Å². The van der Waals surface area contributed by atoms with Crippen LogP contribution in [0.25, 0.3) is 17.1 Å². The van der Waals surface area contributed by atoms with Crippen molar-refractivity contribution in [2.45, 2.75) is 0 Å². The van der Waals surface area contributed by atoms with E-state index in [2.05, 4.69) is 15.5 Å². The van der Waals surface area contributed by atoms with Crippen LogP contribution in [0.15, 0.2) is 36.4 Å². The SMILES string of the molecule is Nc1cc(-c2nnnn2-c2cc(Cl)ccc2Cl)ccc1F. The number of benzene rings is 2. The Morgan fingerprint density at radius 3 is 2.67 bits per heavy atom. The van der Waals surface area contributed by atoms with Crippen molar-refractivity contribution in [3.63, 3.8) is 0 Å². The van der Waals surface area contributed by atoms with Crippen LogP contribution in [0.1, 0.15) is 0 Å². The van der Waals surface area contributed by atoms with Gasteiger partial charge < -0.3 is 5.73 Å². The Labute approximate surface area is 129 Å². The van der Waals surface area contributed by atoms with Crippen LogP contribution in [0.3, 0.4) is 0 Å². The molecule has 2 aromatic carbocycles. The van der Waals surface area contributed by atoms with E-state index in [-0.39, 0.29) is 5.69 Å². The Morgan fingerprint density at radius 2 is 1.90 bits per heavy atom. The molecule has 3 rings (SSSR count). The van der Waals surface area contributed by atoms with Crippen molar-refractivity contribution in [2.75, 3.05) is 5.73 Å². The largest absolute Gasteiger partial charge is 0.396 e. The second-order valence-corrected chi connectivity index (χ2v) is 5.09. The summed E-state index contributed by atoms with van der Waals surface area (Å²) >= 11 is 12.1. The van der Waals surface area contributed by atoms with Crippen LogP contribution in [0.2, 0.25) is 10.0 Å². The maximum atomic E-state index is 13.3. The fourth-order valence-electron chi connectivity index (χ4n) is 1.86. The van der Waals surface area contributed by atoms with Crippen molar-refractivity contribution in [3.05, 3.63) is 52.3 Å². The monoisotopic (exact) mass is 323 g/mol. The number of nitrogens with zero attached hydrogens (tertiary/aromatic N) is 4. The molecule has 0 bridgehead atoms. The van der Waals surface area contributed by atoms with Crippen LogP contribution >= 0.6 is 23.2 Å². The summed E-state index contributed by atoms with van der Waals surface area (Å²) in [5, 5.41) is 12.4. The zero-order valence-electron chi connectivity index (χ0n) is 10.5. The molecule has 106 valence electrons. The molecule has 2 N–H and O–H groups in total. The number of aromatic nitrogens is 4. The van der Waals surface area contributed by atoms with Crippen LogP contribution < -0.4 is 5.73 Å². The summed E-state index contributed by atoms with van der Waals surface area (Å²) < 4.78 is 14.7. The predicted octanol–water partition coefficient (Wildman–Crippen LogP) is 3.36. The minimum Gasteiger partial charge on any atom is -0.396 e. The van der Waals surface area contributed by atoms with Gasteiger partial charge in [0.1, 0.15) is 5.82 Å². The minimum absolute atomic E-state index is 0.0132. The highest BCUT2D eigenvalue weighted by molar-refractivity contribution is 6.34. The molecule has 8 heteroatoms. The Hall–Kier alpha value is -2.18. The Bertz CT molecular complexity index is 818. The van der Waals surface area contributed by atoms with Gasteiger partial charge in [-0.3, -0.25) is 0 Å². The summed E-state index contributed by atoms with van der Waals surface area (Å²) in [6.45, 7) is 0. The van der Waals surface area contributed by atoms with E-state index in [1.54, 1.807) is 18.2 Å². The quantitative estimate of drug-likeness (QED) is 0.734. The minimum atomic E-state index is -0.501. The molecular formula is C13H8Cl2FN5. The van der Waals surface area contributed by atoms with E-state index in [4.69, 9.17) is 28.9 Å². The second-order valence-electron chi connectivity index (χ2n) is 4.25. The van der Waals surface area contributed by atoms with Gasteiger partial charge in [0.2, 0.25) is 0 Å². The number of rotatable bonds is 2. The number of anilines is 1. The van der Waals surface area contributed by atoms with E-state index in [1.807, 2.05) is 0 Å². The molecule has 0 aliphatic rings. The van der Waals surface area contributed by atoms with Gasteiger partial charge in [0.05, 0.1) is 16.4 Å². The third-order valence-corrected chi connectivity index (χ3v) is 3.41. The molecule has 0 fully saturated rings. The highest BCUT2D eigenvalue weighted by atomic mass is 35.5. The summed E-state index contributed by atoms with van der Waals surface area (Å²) in [6, 6.07) is 9.18. The highest BCUT2D eigenvalue weighted by Gasteiger charge is 2.14. The summed E-state index contributed by atoms with van der Waals surface area (Å²) in [5.74, 6) is -0.121. The Balaban J connectivity index is 2.17. The molecule has 0 radical (unpaired) electrons. The molecule has 0 unspecified atom stereocenters. The lowest BCUT2D eigenvalue weighted by atomic mass is 10.2. The van der Waals surface area contributed by atoms with Gasteiger partial charge in [0.25, 0.3) is 0 Å². The third kappa shape index (κ3) is 2.55. The van der Waals surface area contributed by atoms with Crippen molar-refractivity contribution in [3.8, 4) is 17.1 Å². The van der Waals surface area contributed by atoms with Gasteiger partial charge in [0.15, 0.2) is 5.82 Å². The smallest absolute Gasteiger partial charge is 0.187 e. The maximum Gasteiger partial charge on any atom is 0.187 e. The first-order valence-electron chi connectivity index (χ1n) is 5.85. The van der Waals surface area contributed by atoms with Crippen molar-refractivity contribution >= 4 is 28.9 Å². The van der Waals surface area contributed by atoms with E-state index in [1.165, 1.54) is 22.9 Å². The molecule has 21 heavy (non-hydrogen) atoms. The first-order chi connectivity index (χ1) is 10.1. The molecule has 5 nitrogen and oxygen atoms in total. The average Bonchev–Trinajstić information content (AvgIpc) is 2.93. The van der Waals surface area contributed by atoms with Crippen LogP contribution in [-0.4, -0.2) is 20.2 Å². The number of nitrogens with two attached hydrogens (primary N) is 1. The van der Waals surface area contributed by atoms with Crippen molar-refractivity contribution in [2.24, 2.45) is 0 Å². The number of hydrogen-bond donors (Lipinski definition) is 1. The van der Waals surface area contributed by atoms with Crippen LogP contribution in [0.5, 0.6) is 0 Å². The molecule has 3 aromatic rings. The molecule has 0 saturated carbocycles. The number of tetrazole rings is 1. The fourth-order valence-corrected chi connectivity index (χ4v) is 2.22. The lowest BCUT2D eigenvalue weighted by Gasteiger charge is -2.07. The Morgan fingerprint density at radius 1 is 1.10 bits per heavy atom. The predicted molar refractivity (Wildman–Crippen MR) is 79.0 cm³/mol. The average molecular weight is 324 g/mol. The fraction of sp³-hybridized carbons (Fsp3) is 0. The molecule has 0 saturated heterocycles. The number of halogens is 3. The van der Waals surface area contributed by atoms with E-state index < -0.39 is 5.82 Å². The number of hydrogen-bond acceptors (Lipinski definition) is 4. The molecule has 1 aromatic heterocycles. The lowest BCUT2D eigenvalue weighted by Crippen LogP contribution is -2.01. The molecular weight excluding hydrogens is 316 g/mol. The molecule has 0 aliphatic heterocycles. The molecule has 0 amide bonds. The van der Waals surface area contributed by atoms with Crippen LogP contribution in [0, 0.1) is 5.82 Å². The zero-order chi connectivity index (χ0) is 15.0. The van der Waals surface area contributed by atoms with Crippen LogP contribution in [0.4, 0.5) is 10.1 Å². The van der Waals surface area contributed by atoms with Gasteiger partial charge in [-0.1, -0.05) is 23.2 Å². The Kier molecular flexibility index (Phi) is 3.48. The first-order valence-corrected chi connectivity index (χ1v) is 6.61. The molecule has 0 atom stereocenters. The summed E-state index contributed by atoms with van der Waals surface area (Å²) in [4.78, 5) is 0. The van der Waals surface area contributed by atoms with E-state index in [0.717, 1.165) is 0 Å². The highest BCUT2D eigenvalue weighted by Crippen LogP contribution is 2.28. The normalized spacial score (nSPS) is 10.8. The summed E-state index contributed by atoms with van der Waals surface area (Å²) in [6.07, 6.45) is 0. The third-order valence-electron chi connectivity index (χ3n) is 2.86. The van der Waals surface area contributed by atoms with Crippen molar-refractivity contribution in [1.82, 2.24) is 20.2 Å². The first kappa shape index (κ1) is 13.8. The van der Waals surface area contributed by atoms with Gasteiger partial charge >= 0.3 is 0 Å². The summed E-state index contributed by atoms with van der Waals surface area (Å²) in [7, 11) is 0. The lowest BCUT2D eigenvalue weighted by molar-refractivity contribution is 0.632. The molecule has 0 spiro atoms. The van der Waals surface area contributed by atoms with Gasteiger partial charge in [-0.15, -0.1) is 5.10 Å². The zero-order valence-corrected chi connectivity index (χ0v) is 12.0. The summed E-state index contributed by atoms with van der Waals surface area (Å²) in [5.41, 5.74) is 6.67.